The molecule has 2 saturated heterocycles. The summed E-state index contributed by atoms with van der Waals surface area (Å²) in [4.78, 5) is 28.6. The fourth-order valence-electron chi connectivity index (χ4n) is 4.07. The summed E-state index contributed by atoms with van der Waals surface area (Å²) in [6.45, 7) is 3.02. The number of nitrogens with zero attached hydrogens (tertiary/aromatic N) is 2. The summed E-state index contributed by atoms with van der Waals surface area (Å²) in [6, 6.07) is -0.255. The van der Waals surface area contributed by atoms with Crippen LogP contribution in [-0.4, -0.2) is 71.6 Å². The summed E-state index contributed by atoms with van der Waals surface area (Å²) in [7, 11) is 0. The Kier molecular flexibility index (Phi) is 7.32. The normalized spacial score (nSPS) is 28.5. The Labute approximate surface area is 150 Å². The lowest BCUT2D eigenvalue weighted by Crippen LogP contribution is -2.54. The van der Waals surface area contributed by atoms with E-state index in [1.807, 2.05) is 9.80 Å². The Balaban J connectivity index is 0.00000208. The Hall–Kier alpha value is -0.850. The first-order valence-electron chi connectivity index (χ1n) is 9.11. The minimum atomic E-state index is -0.415. The number of rotatable bonds is 3. The molecule has 0 aromatic heterocycles. The predicted octanol–water partition coefficient (Wildman–Crippen LogP) is 0.772. The number of hydrogen-bond donors (Lipinski definition) is 2. The Morgan fingerprint density at radius 2 is 1.62 bits per heavy atom. The molecule has 3 aliphatic rings. The highest BCUT2D eigenvalue weighted by atomic mass is 35.5. The van der Waals surface area contributed by atoms with Gasteiger partial charge in [0.05, 0.1) is 12.1 Å². The van der Waals surface area contributed by atoms with Crippen molar-refractivity contribution in [1.29, 1.82) is 0 Å². The van der Waals surface area contributed by atoms with E-state index in [-0.39, 0.29) is 30.3 Å². The van der Waals surface area contributed by atoms with Crippen LogP contribution in [0.15, 0.2) is 0 Å². The molecule has 0 bridgehead atoms. The second-order valence-corrected chi connectivity index (χ2v) is 7.26. The maximum atomic E-state index is 12.4. The SMILES string of the molecule is Cl.O=C(CC1CCCCC1)N1CCN(C(=O)C2CC(O)CN2)CC1. The van der Waals surface area contributed by atoms with E-state index in [2.05, 4.69) is 5.32 Å². The lowest BCUT2D eigenvalue weighted by molar-refractivity contribution is -0.141. The number of carbonyl (C=O) groups excluding carboxylic acids is 2. The van der Waals surface area contributed by atoms with Crippen LogP contribution in [0.5, 0.6) is 0 Å². The topological polar surface area (TPSA) is 72.9 Å². The molecule has 24 heavy (non-hydrogen) atoms. The maximum Gasteiger partial charge on any atom is 0.239 e. The molecule has 2 aliphatic heterocycles. The molecule has 7 heteroatoms. The summed E-state index contributed by atoms with van der Waals surface area (Å²) in [5.74, 6) is 0.902. The molecule has 138 valence electrons. The fourth-order valence-corrected chi connectivity index (χ4v) is 4.07. The van der Waals surface area contributed by atoms with Crippen LogP contribution in [0.4, 0.5) is 0 Å². The van der Waals surface area contributed by atoms with Gasteiger partial charge in [0.15, 0.2) is 0 Å². The summed E-state index contributed by atoms with van der Waals surface area (Å²) in [6.07, 6.45) is 7.00. The third kappa shape index (κ3) is 4.83. The van der Waals surface area contributed by atoms with E-state index in [1.54, 1.807) is 0 Å². The van der Waals surface area contributed by atoms with Crippen molar-refractivity contribution in [3.63, 3.8) is 0 Å². The summed E-state index contributed by atoms with van der Waals surface area (Å²) in [5.41, 5.74) is 0. The van der Waals surface area contributed by atoms with Crippen LogP contribution < -0.4 is 5.32 Å². The smallest absolute Gasteiger partial charge is 0.239 e. The van der Waals surface area contributed by atoms with Crippen molar-refractivity contribution in [3.8, 4) is 0 Å². The Morgan fingerprint density at radius 1 is 1.00 bits per heavy atom. The molecule has 0 radical (unpaired) electrons. The molecule has 1 saturated carbocycles. The number of halogens is 1. The number of β-amino-alcohol motifs (C(OH)–C–C–N with tert-alkyl or cyclic N) is 1. The third-order valence-corrected chi connectivity index (χ3v) is 5.54. The highest BCUT2D eigenvalue weighted by molar-refractivity contribution is 5.85. The zero-order valence-corrected chi connectivity index (χ0v) is 15.1. The van der Waals surface area contributed by atoms with Gasteiger partial charge in [0.2, 0.25) is 11.8 Å². The highest BCUT2D eigenvalue weighted by Crippen LogP contribution is 2.27. The van der Waals surface area contributed by atoms with Gasteiger partial charge in [-0.3, -0.25) is 9.59 Å². The quantitative estimate of drug-likeness (QED) is 0.780. The first kappa shape index (κ1) is 19.5. The highest BCUT2D eigenvalue weighted by Gasteiger charge is 2.33. The van der Waals surface area contributed by atoms with Crippen molar-refractivity contribution in [2.24, 2.45) is 5.92 Å². The zero-order valence-electron chi connectivity index (χ0n) is 14.3. The van der Waals surface area contributed by atoms with Crippen molar-refractivity contribution < 1.29 is 14.7 Å². The lowest BCUT2D eigenvalue weighted by atomic mass is 9.86. The number of aliphatic hydroxyl groups excluding tert-OH is 1. The molecule has 1 aliphatic carbocycles. The molecule has 2 heterocycles. The summed E-state index contributed by atoms with van der Waals surface area (Å²) < 4.78 is 0. The van der Waals surface area contributed by atoms with E-state index >= 15 is 0 Å². The third-order valence-electron chi connectivity index (χ3n) is 5.54. The van der Waals surface area contributed by atoms with E-state index in [1.165, 1.54) is 32.1 Å². The standard InChI is InChI=1S/C17H29N3O3.ClH/c21-14-11-15(18-12-14)17(23)20-8-6-19(7-9-20)16(22)10-13-4-2-1-3-5-13;/h13-15,18,21H,1-12H2;1H. The number of amides is 2. The van der Waals surface area contributed by atoms with Gasteiger partial charge >= 0.3 is 0 Å². The number of carbonyl (C=O) groups is 2. The second kappa shape index (κ2) is 9.02. The molecule has 0 aromatic carbocycles. The largest absolute Gasteiger partial charge is 0.392 e. The minimum Gasteiger partial charge on any atom is -0.392 e. The van der Waals surface area contributed by atoms with Gasteiger partial charge in [0.1, 0.15) is 0 Å². The number of nitrogens with one attached hydrogen (secondary N) is 1. The molecule has 6 nitrogen and oxygen atoms in total. The van der Waals surface area contributed by atoms with Gasteiger partial charge < -0.3 is 20.2 Å². The molecular weight excluding hydrogens is 330 g/mol. The van der Waals surface area contributed by atoms with Gasteiger partial charge in [-0.15, -0.1) is 12.4 Å². The maximum absolute atomic E-state index is 12.4. The molecule has 0 spiro atoms. The van der Waals surface area contributed by atoms with Gasteiger partial charge in [0.25, 0.3) is 0 Å². The molecule has 2 N–H and O–H groups in total. The van der Waals surface area contributed by atoms with E-state index < -0.39 is 6.10 Å². The van der Waals surface area contributed by atoms with Crippen LogP contribution in [0.3, 0.4) is 0 Å². The summed E-state index contributed by atoms with van der Waals surface area (Å²) >= 11 is 0. The van der Waals surface area contributed by atoms with E-state index in [0.717, 1.165) is 0 Å². The minimum absolute atomic E-state index is 0. The first-order valence-corrected chi connectivity index (χ1v) is 9.11. The molecule has 3 fully saturated rings. The molecule has 3 rings (SSSR count). The number of piperazine rings is 1. The predicted molar refractivity (Wildman–Crippen MR) is 94.0 cm³/mol. The van der Waals surface area contributed by atoms with Crippen molar-refractivity contribution in [2.45, 2.75) is 57.1 Å². The fraction of sp³-hybridized carbons (Fsp3) is 0.882. The molecule has 0 aromatic rings. The lowest BCUT2D eigenvalue weighted by Gasteiger charge is -2.36. The second-order valence-electron chi connectivity index (χ2n) is 7.26. The van der Waals surface area contributed by atoms with Crippen LogP contribution in [0.25, 0.3) is 0 Å². The Morgan fingerprint density at radius 3 is 2.21 bits per heavy atom. The first-order chi connectivity index (χ1) is 11.1. The monoisotopic (exact) mass is 359 g/mol. The van der Waals surface area contributed by atoms with Crippen LogP contribution in [0, 0.1) is 5.92 Å². The molecule has 2 amide bonds. The molecular formula is C17H30ClN3O3. The van der Waals surface area contributed by atoms with Crippen LogP contribution in [0.2, 0.25) is 0 Å². The van der Waals surface area contributed by atoms with Crippen molar-refractivity contribution in [1.82, 2.24) is 15.1 Å². The van der Waals surface area contributed by atoms with E-state index in [0.29, 0.717) is 51.5 Å². The van der Waals surface area contributed by atoms with Crippen LogP contribution in [0.1, 0.15) is 44.9 Å². The van der Waals surface area contributed by atoms with Crippen LogP contribution in [-0.2, 0) is 9.59 Å². The molecule has 2 unspecified atom stereocenters. The van der Waals surface area contributed by atoms with Gasteiger partial charge in [-0.1, -0.05) is 19.3 Å². The Bertz CT molecular complexity index is 435. The van der Waals surface area contributed by atoms with E-state index in [9.17, 15) is 14.7 Å². The zero-order chi connectivity index (χ0) is 16.2. The van der Waals surface area contributed by atoms with Gasteiger partial charge in [-0.05, 0) is 25.2 Å². The van der Waals surface area contributed by atoms with Crippen molar-refractivity contribution >= 4 is 24.2 Å². The van der Waals surface area contributed by atoms with Gasteiger partial charge in [-0.25, -0.2) is 0 Å². The van der Waals surface area contributed by atoms with Gasteiger partial charge in [0, 0.05) is 39.1 Å². The number of hydrogen-bond acceptors (Lipinski definition) is 4. The average Bonchev–Trinajstić information content (AvgIpc) is 3.02. The molecule has 2 atom stereocenters. The van der Waals surface area contributed by atoms with Crippen molar-refractivity contribution in [3.05, 3.63) is 0 Å². The average molecular weight is 360 g/mol. The van der Waals surface area contributed by atoms with Gasteiger partial charge in [-0.2, -0.15) is 0 Å². The number of aliphatic hydroxyl groups is 1. The van der Waals surface area contributed by atoms with E-state index in [4.69, 9.17) is 0 Å². The van der Waals surface area contributed by atoms with Crippen LogP contribution >= 0.6 is 12.4 Å². The summed E-state index contributed by atoms with van der Waals surface area (Å²) in [5, 5.41) is 12.6. The van der Waals surface area contributed by atoms with Crippen molar-refractivity contribution in [2.75, 3.05) is 32.7 Å².